The normalized spacial score (nSPS) is 16.7. The summed E-state index contributed by atoms with van der Waals surface area (Å²) < 4.78 is 10.8. The lowest BCUT2D eigenvalue weighted by atomic mass is 10.0. The quantitative estimate of drug-likeness (QED) is 0.775. The van der Waals surface area contributed by atoms with Gasteiger partial charge in [0.1, 0.15) is 11.6 Å². The molecular weight excluding hydrogens is 420 g/mol. The van der Waals surface area contributed by atoms with Crippen LogP contribution in [0, 0.1) is 0 Å². The van der Waals surface area contributed by atoms with E-state index in [1.807, 2.05) is 43.0 Å². The lowest BCUT2D eigenvalue weighted by Gasteiger charge is -2.41. The van der Waals surface area contributed by atoms with E-state index in [0.717, 1.165) is 24.3 Å². The molecule has 1 aromatic carbocycles. The highest BCUT2D eigenvalue weighted by Gasteiger charge is 2.34. The van der Waals surface area contributed by atoms with Crippen LogP contribution in [0.1, 0.15) is 26.7 Å². The summed E-state index contributed by atoms with van der Waals surface area (Å²) in [6.45, 7) is 5.18. The maximum Gasteiger partial charge on any atom is 0.412 e. The van der Waals surface area contributed by atoms with E-state index in [2.05, 4.69) is 15.2 Å². The Labute approximate surface area is 186 Å². The highest BCUT2D eigenvalue weighted by molar-refractivity contribution is 6.33. The second kappa shape index (κ2) is 9.01. The predicted molar refractivity (Wildman–Crippen MR) is 118 cm³/mol. The maximum atomic E-state index is 12.6. The molecule has 2 aromatic rings. The Morgan fingerprint density at radius 2 is 2.03 bits per heavy atom. The number of amides is 2. The number of carbonyl (C=O) groups excluding carboxylic acids is 2. The van der Waals surface area contributed by atoms with Gasteiger partial charge in [0.05, 0.1) is 16.9 Å². The molecule has 0 radical (unpaired) electrons. The van der Waals surface area contributed by atoms with Gasteiger partial charge in [-0.3, -0.25) is 4.79 Å². The summed E-state index contributed by atoms with van der Waals surface area (Å²) in [5.74, 6) is 1.66. The Balaban J connectivity index is 1.41. The van der Waals surface area contributed by atoms with Gasteiger partial charge < -0.3 is 24.6 Å². The molecule has 8 nitrogen and oxygen atoms in total. The molecule has 0 bridgehead atoms. The van der Waals surface area contributed by atoms with E-state index in [1.165, 1.54) is 6.20 Å². The topological polar surface area (TPSA) is 84.0 Å². The number of benzene rings is 1. The minimum Gasteiger partial charge on any atom is -0.482 e. The summed E-state index contributed by atoms with van der Waals surface area (Å²) in [5, 5.41) is 3.07. The van der Waals surface area contributed by atoms with Gasteiger partial charge >= 0.3 is 6.09 Å². The van der Waals surface area contributed by atoms with E-state index in [4.69, 9.17) is 21.1 Å². The number of hydrogen-bond donors (Lipinski definition) is 1. The zero-order valence-electron chi connectivity index (χ0n) is 17.5. The number of anilines is 2. The smallest absolute Gasteiger partial charge is 0.412 e. The standard InChI is InChI=1S/C22H25ClN4O4/c1-14(2)25-22(29)31-16-11-17(23)21(24-12-16)26-9-7-15(8-10-26)27-18-5-3-4-6-19(18)30-13-20(27)28/h3-6,11-12,14-15H,7-10,13H2,1-2H3,(H,25,29). The summed E-state index contributed by atoms with van der Waals surface area (Å²) in [6.07, 6.45) is 2.52. The van der Waals surface area contributed by atoms with Crippen LogP contribution in [0.15, 0.2) is 36.5 Å². The highest BCUT2D eigenvalue weighted by Crippen LogP contribution is 2.36. The first-order valence-corrected chi connectivity index (χ1v) is 10.7. The first-order chi connectivity index (χ1) is 14.9. The fraction of sp³-hybridized carbons (Fsp3) is 0.409. The molecule has 1 fully saturated rings. The van der Waals surface area contributed by atoms with E-state index >= 15 is 0 Å². The van der Waals surface area contributed by atoms with Crippen LogP contribution in [-0.2, 0) is 4.79 Å². The van der Waals surface area contributed by atoms with Gasteiger partial charge in [-0.25, -0.2) is 9.78 Å². The number of carbonyl (C=O) groups is 2. The number of fused-ring (bicyclic) bond motifs is 1. The fourth-order valence-electron chi connectivity index (χ4n) is 3.93. The van der Waals surface area contributed by atoms with Gasteiger partial charge in [0.15, 0.2) is 12.4 Å². The van der Waals surface area contributed by atoms with Crippen LogP contribution < -0.4 is 24.6 Å². The molecule has 4 rings (SSSR count). The second-order valence-electron chi connectivity index (χ2n) is 7.90. The Morgan fingerprint density at radius 1 is 1.29 bits per heavy atom. The van der Waals surface area contributed by atoms with E-state index < -0.39 is 6.09 Å². The Hall–Kier alpha value is -3.00. The van der Waals surface area contributed by atoms with Crippen LogP contribution in [0.25, 0.3) is 0 Å². The Kier molecular flexibility index (Phi) is 6.18. The van der Waals surface area contributed by atoms with Crippen molar-refractivity contribution in [3.63, 3.8) is 0 Å². The number of hydrogen-bond acceptors (Lipinski definition) is 6. The lowest BCUT2D eigenvalue weighted by molar-refractivity contribution is -0.121. The number of piperidine rings is 1. The van der Waals surface area contributed by atoms with Gasteiger partial charge in [-0.05, 0) is 38.8 Å². The maximum absolute atomic E-state index is 12.6. The van der Waals surface area contributed by atoms with Gasteiger partial charge in [-0.15, -0.1) is 0 Å². The van der Waals surface area contributed by atoms with Crippen molar-refractivity contribution in [3.8, 4) is 11.5 Å². The molecule has 0 unspecified atom stereocenters. The molecule has 0 aliphatic carbocycles. The first-order valence-electron chi connectivity index (χ1n) is 10.3. The molecule has 2 aliphatic heterocycles. The zero-order chi connectivity index (χ0) is 22.0. The van der Waals surface area contributed by atoms with E-state index in [1.54, 1.807) is 6.07 Å². The molecule has 1 N–H and O–H groups in total. The first kappa shape index (κ1) is 21.2. The number of para-hydroxylation sites is 2. The van der Waals surface area contributed by atoms with Crippen LogP contribution >= 0.6 is 11.6 Å². The molecule has 0 atom stereocenters. The number of rotatable bonds is 4. The lowest BCUT2D eigenvalue weighted by Crippen LogP contribution is -2.50. The number of nitrogens with zero attached hydrogens (tertiary/aromatic N) is 3. The summed E-state index contributed by atoms with van der Waals surface area (Å²) in [6, 6.07) is 9.29. The van der Waals surface area contributed by atoms with Gasteiger partial charge in [0.2, 0.25) is 0 Å². The number of halogens is 1. The molecule has 31 heavy (non-hydrogen) atoms. The molecule has 164 valence electrons. The number of nitrogens with one attached hydrogen (secondary N) is 1. The molecule has 1 saturated heterocycles. The number of ether oxygens (including phenoxy) is 2. The van der Waals surface area contributed by atoms with Crippen molar-refractivity contribution in [2.75, 3.05) is 29.5 Å². The van der Waals surface area contributed by atoms with Crippen molar-refractivity contribution >= 4 is 35.1 Å². The van der Waals surface area contributed by atoms with E-state index in [-0.39, 0.29) is 30.3 Å². The van der Waals surface area contributed by atoms with Crippen LogP contribution in [0.5, 0.6) is 11.5 Å². The van der Waals surface area contributed by atoms with Crippen molar-refractivity contribution in [2.24, 2.45) is 0 Å². The minimum absolute atomic E-state index is 0.0190. The molecular formula is C22H25ClN4O4. The highest BCUT2D eigenvalue weighted by atomic mass is 35.5. The second-order valence-corrected chi connectivity index (χ2v) is 8.31. The fourth-order valence-corrected chi connectivity index (χ4v) is 4.21. The molecule has 9 heteroatoms. The average Bonchev–Trinajstić information content (AvgIpc) is 2.73. The van der Waals surface area contributed by atoms with Crippen LogP contribution in [0.2, 0.25) is 5.02 Å². The largest absolute Gasteiger partial charge is 0.482 e. The van der Waals surface area contributed by atoms with Crippen molar-refractivity contribution in [2.45, 2.75) is 38.8 Å². The van der Waals surface area contributed by atoms with Crippen LogP contribution in [-0.4, -0.2) is 48.8 Å². The molecule has 3 heterocycles. The molecule has 2 amide bonds. The van der Waals surface area contributed by atoms with Crippen molar-refractivity contribution in [3.05, 3.63) is 41.6 Å². The van der Waals surface area contributed by atoms with E-state index in [0.29, 0.717) is 23.9 Å². The van der Waals surface area contributed by atoms with Crippen LogP contribution in [0.4, 0.5) is 16.3 Å². The van der Waals surface area contributed by atoms with Crippen molar-refractivity contribution in [1.82, 2.24) is 10.3 Å². The van der Waals surface area contributed by atoms with Gasteiger partial charge in [-0.1, -0.05) is 23.7 Å². The number of aromatic nitrogens is 1. The molecule has 0 saturated carbocycles. The predicted octanol–water partition coefficient (Wildman–Crippen LogP) is 3.63. The third kappa shape index (κ3) is 4.69. The number of pyridine rings is 1. The van der Waals surface area contributed by atoms with Crippen molar-refractivity contribution < 1.29 is 19.1 Å². The third-order valence-corrected chi connectivity index (χ3v) is 5.57. The van der Waals surface area contributed by atoms with Gasteiger partial charge in [0.25, 0.3) is 5.91 Å². The summed E-state index contributed by atoms with van der Waals surface area (Å²) in [5.41, 5.74) is 0.828. The Bertz CT molecular complexity index is 976. The SMILES string of the molecule is CC(C)NC(=O)Oc1cnc(N2CCC(N3C(=O)COc4ccccc43)CC2)c(Cl)c1. The molecule has 0 spiro atoms. The summed E-state index contributed by atoms with van der Waals surface area (Å²) in [4.78, 5) is 32.7. The van der Waals surface area contributed by atoms with Gasteiger partial charge in [-0.2, -0.15) is 0 Å². The Morgan fingerprint density at radius 3 is 2.74 bits per heavy atom. The molecule has 2 aliphatic rings. The zero-order valence-corrected chi connectivity index (χ0v) is 18.3. The average molecular weight is 445 g/mol. The molecule has 1 aromatic heterocycles. The third-order valence-electron chi connectivity index (χ3n) is 5.29. The van der Waals surface area contributed by atoms with E-state index in [9.17, 15) is 9.59 Å². The van der Waals surface area contributed by atoms with Gasteiger partial charge in [0, 0.05) is 31.2 Å². The monoisotopic (exact) mass is 444 g/mol. The minimum atomic E-state index is -0.545. The van der Waals surface area contributed by atoms with Crippen molar-refractivity contribution in [1.29, 1.82) is 0 Å². The van der Waals surface area contributed by atoms with Crippen LogP contribution in [0.3, 0.4) is 0 Å². The summed E-state index contributed by atoms with van der Waals surface area (Å²) in [7, 11) is 0. The summed E-state index contributed by atoms with van der Waals surface area (Å²) >= 11 is 6.43.